The van der Waals surface area contributed by atoms with Gasteiger partial charge in [-0.1, -0.05) is 19.3 Å². The number of rotatable bonds is 5. The first kappa shape index (κ1) is 22.9. The van der Waals surface area contributed by atoms with Crippen LogP contribution in [0.1, 0.15) is 50.7 Å². The normalized spacial score (nSPS) is 21.1. The largest absolute Gasteiger partial charge is 0.370 e. The topological polar surface area (TPSA) is 83.8 Å². The highest BCUT2D eigenvalue weighted by Crippen LogP contribution is 2.21. The van der Waals surface area contributed by atoms with Gasteiger partial charge >= 0.3 is 0 Å². The van der Waals surface area contributed by atoms with Gasteiger partial charge in [0.2, 0.25) is 5.91 Å². The van der Waals surface area contributed by atoms with Crippen LogP contribution in [-0.2, 0) is 16.6 Å². The highest BCUT2D eigenvalue weighted by molar-refractivity contribution is 14.0. The molecule has 1 atom stereocenters. The number of amides is 1. The van der Waals surface area contributed by atoms with Gasteiger partial charge in [0.1, 0.15) is 12.6 Å². The monoisotopic (exact) mass is 504 g/mol. The Bertz CT molecular complexity index is 644. The quantitative estimate of drug-likeness (QED) is 0.363. The van der Waals surface area contributed by atoms with Crippen LogP contribution in [0.2, 0.25) is 0 Å². The van der Waals surface area contributed by atoms with Gasteiger partial charge in [-0.05, 0) is 19.8 Å². The molecule has 0 radical (unpaired) electrons. The number of carbonyl (C=O) groups is 1. The lowest BCUT2D eigenvalue weighted by atomic mass is 9.95. The van der Waals surface area contributed by atoms with Gasteiger partial charge in [0.05, 0.1) is 19.3 Å². The molecule has 1 aromatic rings. The summed E-state index contributed by atoms with van der Waals surface area (Å²) < 4.78 is 7.69. The molecular formula is C19H33IN6O2. The molecule has 158 valence electrons. The van der Waals surface area contributed by atoms with E-state index in [-0.39, 0.29) is 42.5 Å². The van der Waals surface area contributed by atoms with Crippen molar-refractivity contribution >= 4 is 35.8 Å². The van der Waals surface area contributed by atoms with Crippen LogP contribution >= 0.6 is 24.0 Å². The molecule has 2 heterocycles. The van der Waals surface area contributed by atoms with Gasteiger partial charge in [0, 0.05) is 37.9 Å². The van der Waals surface area contributed by atoms with Crippen molar-refractivity contribution in [2.24, 2.45) is 12.0 Å². The van der Waals surface area contributed by atoms with Gasteiger partial charge in [-0.25, -0.2) is 4.99 Å². The summed E-state index contributed by atoms with van der Waals surface area (Å²) in [5, 5.41) is 10.7. The van der Waals surface area contributed by atoms with Crippen molar-refractivity contribution in [3.8, 4) is 0 Å². The Labute approximate surface area is 184 Å². The second-order valence-corrected chi connectivity index (χ2v) is 7.33. The van der Waals surface area contributed by atoms with E-state index in [2.05, 4.69) is 25.6 Å². The first-order chi connectivity index (χ1) is 13.2. The second-order valence-electron chi connectivity index (χ2n) is 7.33. The lowest BCUT2D eigenvalue weighted by molar-refractivity contribution is -0.120. The molecule has 1 saturated carbocycles. The molecule has 1 aromatic heterocycles. The van der Waals surface area contributed by atoms with E-state index in [1.807, 2.05) is 26.4 Å². The number of hydrogen-bond donors (Lipinski definition) is 2. The molecule has 1 saturated heterocycles. The Hall–Kier alpha value is -1.36. The number of nitrogens with zero attached hydrogens (tertiary/aromatic N) is 4. The van der Waals surface area contributed by atoms with Crippen molar-refractivity contribution in [3.05, 3.63) is 18.0 Å². The SMILES string of the molecule is CCNC(=NCC(=O)NC1CCCCC1)N1CCOC(c2cnn(C)c2)C1.I. The third kappa shape index (κ3) is 6.61. The van der Waals surface area contributed by atoms with E-state index >= 15 is 0 Å². The molecule has 0 aromatic carbocycles. The minimum atomic E-state index is -0.0348. The minimum Gasteiger partial charge on any atom is -0.370 e. The van der Waals surface area contributed by atoms with Crippen LogP contribution in [-0.4, -0.2) is 65.4 Å². The van der Waals surface area contributed by atoms with Crippen LogP contribution in [0.15, 0.2) is 17.4 Å². The Balaban J connectivity index is 0.00000280. The lowest BCUT2D eigenvalue weighted by Gasteiger charge is -2.34. The van der Waals surface area contributed by atoms with Crippen molar-refractivity contribution in [2.45, 2.75) is 51.2 Å². The maximum absolute atomic E-state index is 12.3. The fourth-order valence-corrected chi connectivity index (χ4v) is 3.74. The van der Waals surface area contributed by atoms with Gasteiger partial charge in [0.15, 0.2) is 5.96 Å². The molecule has 9 heteroatoms. The molecule has 8 nitrogen and oxygen atoms in total. The third-order valence-corrected chi connectivity index (χ3v) is 5.14. The van der Waals surface area contributed by atoms with Gasteiger partial charge in [-0.3, -0.25) is 9.48 Å². The van der Waals surface area contributed by atoms with Crippen LogP contribution in [0.4, 0.5) is 0 Å². The Morgan fingerprint density at radius 3 is 2.82 bits per heavy atom. The molecule has 1 aliphatic carbocycles. The molecule has 1 unspecified atom stereocenters. The summed E-state index contributed by atoms with van der Waals surface area (Å²) >= 11 is 0. The number of morpholine rings is 1. The maximum atomic E-state index is 12.3. The lowest BCUT2D eigenvalue weighted by Crippen LogP contribution is -2.48. The molecule has 28 heavy (non-hydrogen) atoms. The number of hydrogen-bond acceptors (Lipinski definition) is 4. The van der Waals surface area contributed by atoms with Crippen molar-refractivity contribution < 1.29 is 9.53 Å². The summed E-state index contributed by atoms with van der Waals surface area (Å²) in [5.41, 5.74) is 1.06. The predicted octanol–water partition coefficient (Wildman–Crippen LogP) is 1.83. The van der Waals surface area contributed by atoms with E-state index in [0.29, 0.717) is 19.2 Å². The second kappa shape index (κ2) is 11.6. The van der Waals surface area contributed by atoms with Crippen LogP contribution in [0.5, 0.6) is 0 Å². The predicted molar refractivity (Wildman–Crippen MR) is 120 cm³/mol. The van der Waals surface area contributed by atoms with Crippen LogP contribution in [0.25, 0.3) is 0 Å². The zero-order valence-corrected chi connectivity index (χ0v) is 19.2. The summed E-state index contributed by atoms with van der Waals surface area (Å²) in [6.07, 6.45) is 9.67. The average molecular weight is 504 g/mol. The summed E-state index contributed by atoms with van der Waals surface area (Å²) in [6.45, 7) is 5.04. The van der Waals surface area contributed by atoms with Crippen LogP contribution in [0, 0.1) is 0 Å². The number of nitrogens with one attached hydrogen (secondary N) is 2. The van der Waals surface area contributed by atoms with E-state index in [0.717, 1.165) is 37.5 Å². The first-order valence-corrected chi connectivity index (χ1v) is 10.1. The summed E-state index contributed by atoms with van der Waals surface area (Å²) in [4.78, 5) is 19.0. The van der Waals surface area contributed by atoms with E-state index in [1.165, 1.54) is 19.3 Å². The van der Waals surface area contributed by atoms with Crippen molar-refractivity contribution in [1.82, 2.24) is 25.3 Å². The number of aryl methyl sites for hydroxylation is 1. The molecule has 0 bridgehead atoms. The highest BCUT2D eigenvalue weighted by Gasteiger charge is 2.25. The Kier molecular flexibility index (Phi) is 9.49. The van der Waals surface area contributed by atoms with Gasteiger partial charge in [0.25, 0.3) is 0 Å². The summed E-state index contributed by atoms with van der Waals surface area (Å²) in [7, 11) is 1.90. The number of halogens is 1. The maximum Gasteiger partial charge on any atom is 0.242 e. The van der Waals surface area contributed by atoms with E-state index in [4.69, 9.17) is 4.74 Å². The molecule has 2 N–H and O–H groups in total. The Morgan fingerprint density at radius 2 is 2.14 bits per heavy atom. The molecule has 2 aliphatic rings. The molecule has 3 rings (SSSR count). The number of ether oxygens (including phenoxy) is 1. The fourth-order valence-electron chi connectivity index (χ4n) is 3.74. The zero-order valence-electron chi connectivity index (χ0n) is 16.9. The summed E-state index contributed by atoms with van der Waals surface area (Å²) in [6, 6.07) is 0.322. The van der Waals surface area contributed by atoms with Crippen molar-refractivity contribution in [3.63, 3.8) is 0 Å². The van der Waals surface area contributed by atoms with Gasteiger partial charge in [-0.15, -0.1) is 24.0 Å². The minimum absolute atomic E-state index is 0. The zero-order chi connectivity index (χ0) is 19.1. The molecule has 1 aliphatic heterocycles. The number of aromatic nitrogens is 2. The van der Waals surface area contributed by atoms with E-state index in [1.54, 1.807) is 4.68 Å². The van der Waals surface area contributed by atoms with E-state index < -0.39 is 0 Å². The van der Waals surface area contributed by atoms with Crippen molar-refractivity contribution in [1.29, 1.82) is 0 Å². The number of guanidine groups is 1. The Morgan fingerprint density at radius 1 is 1.36 bits per heavy atom. The number of aliphatic imine (C=N–C) groups is 1. The van der Waals surface area contributed by atoms with Crippen LogP contribution < -0.4 is 10.6 Å². The molecular weight excluding hydrogens is 471 g/mol. The van der Waals surface area contributed by atoms with Gasteiger partial charge < -0.3 is 20.3 Å². The first-order valence-electron chi connectivity index (χ1n) is 10.1. The standard InChI is InChI=1S/C19H32N6O2.HI/c1-3-20-19(21-12-18(26)23-16-7-5-4-6-8-16)25-9-10-27-17(14-25)15-11-22-24(2)13-15;/h11,13,16-17H,3-10,12,14H2,1-2H3,(H,20,21)(H,23,26);1H. The van der Waals surface area contributed by atoms with E-state index in [9.17, 15) is 4.79 Å². The van der Waals surface area contributed by atoms with Crippen molar-refractivity contribution in [2.75, 3.05) is 32.8 Å². The van der Waals surface area contributed by atoms with Crippen LogP contribution in [0.3, 0.4) is 0 Å². The molecule has 0 spiro atoms. The smallest absolute Gasteiger partial charge is 0.242 e. The highest BCUT2D eigenvalue weighted by atomic mass is 127. The van der Waals surface area contributed by atoms with Gasteiger partial charge in [-0.2, -0.15) is 5.10 Å². The molecule has 2 fully saturated rings. The fraction of sp³-hybridized carbons (Fsp3) is 0.737. The average Bonchev–Trinajstić information content (AvgIpc) is 3.12. The third-order valence-electron chi connectivity index (χ3n) is 5.14. The summed E-state index contributed by atoms with van der Waals surface area (Å²) in [5.74, 6) is 0.780. The molecule has 1 amide bonds. The number of carbonyl (C=O) groups excluding carboxylic acids is 1.